The lowest BCUT2D eigenvalue weighted by Crippen LogP contribution is -2.31. The number of nitrogens with zero attached hydrogens (tertiary/aromatic N) is 7. The molecule has 0 amide bonds. The second-order valence-corrected chi connectivity index (χ2v) is 5.46. The third-order valence-electron chi connectivity index (χ3n) is 3.77. The van der Waals surface area contributed by atoms with Gasteiger partial charge in [0, 0.05) is 0 Å². The lowest BCUT2D eigenvalue weighted by Gasteiger charge is -2.20. The maximum Gasteiger partial charge on any atom is 0.438 e. The number of rotatable bonds is 5. The number of benzene rings is 1. The van der Waals surface area contributed by atoms with E-state index in [4.69, 9.17) is 9.47 Å². The van der Waals surface area contributed by atoms with E-state index in [-0.39, 0.29) is 36.1 Å². The zero-order chi connectivity index (χ0) is 20.1. The fourth-order valence-electron chi connectivity index (χ4n) is 2.60. The van der Waals surface area contributed by atoms with Crippen molar-refractivity contribution < 1.29 is 19.1 Å². The summed E-state index contributed by atoms with van der Waals surface area (Å²) in [7, 11) is 0. The van der Waals surface area contributed by atoms with Crippen LogP contribution in [0.2, 0.25) is 0 Å². The summed E-state index contributed by atoms with van der Waals surface area (Å²) in [5, 5.41) is 26.3. The number of carbonyl (C=O) groups excluding carboxylic acids is 2. The zero-order valence-electron chi connectivity index (χ0n) is 15.1. The van der Waals surface area contributed by atoms with Crippen molar-refractivity contribution in [3.05, 3.63) is 58.1 Å². The van der Waals surface area contributed by atoms with Crippen molar-refractivity contribution in [1.82, 2.24) is 5.01 Å². The first-order chi connectivity index (χ1) is 13.6. The molecular weight excluding hydrogens is 366 g/mol. The van der Waals surface area contributed by atoms with Crippen LogP contribution in [-0.2, 0) is 19.1 Å². The molecule has 2 heterocycles. The van der Waals surface area contributed by atoms with Crippen LogP contribution in [0.1, 0.15) is 19.4 Å². The summed E-state index contributed by atoms with van der Waals surface area (Å²) in [6.07, 6.45) is 0. The van der Waals surface area contributed by atoms with Gasteiger partial charge in [0.05, 0.1) is 18.8 Å². The van der Waals surface area contributed by atoms with E-state index in [1.165, 1.54) is 0 Å². The number of hydrogen-bond acceptors (Lipinski definition) is 10. The number of esters is 2. The first-order valence-electron chi connectivity index (χ1n) is 8.47. The summed E-state index contributed by atoms with van der Waals surface area (Å²) in [5.74, 6) is -1.49. The van der Waals surface area contributed by atoms with Gasteiger partial charge >= 0.3 is 17.6 Å². The van der Waals surface area contributed by atoms with Crippen LogP contribution in [0.5, 0.6) is 0 Å². The second-order valence-electron chi connectivity index (χ2n) is 5.46. The van der Waals surface area contributed by atoms with Crippen LogP contribution in [0.3, 0.4) is 0 Å². The van der Waals surface area contributed by atoms with Crippen LogP contribution < -0.4 is 0 Å². The Morgan fingerprint density at radius 1 is 1.14 bits per heavy atom. The summed E-state index contributed by atoms with van der Waals surface area (Å²) in [4.78, 5) is 27.9. The van der Waals surface area contributed by atoms with E-state index >= 15 is 0 Å². The molecule has 1 unspecified atom stereocenters. The van der Waals surface area contributed by atoms with Gasteiger partial charge in [-0.05, 0) is 26.0 Å². The predicted molar refractivity (Wildman–Crippen MR) is 94.1 cm³/mol. The van der Waals surface area contributed by atoms with Crippen molar-refractivity contribution in [2.75, 3.05) is 13.2 Å². The minimum absolute atomic E-state index is 0.00713. The number of hydrogen-bond donors (Lipinski definition) is 0. The summed E-state index contributed by atoms with van der Waals surface area (Å²) in [6.45, 7) is 3.51. The van der Waals surface area contributed by atoms with Crippen LogP contribution >= 0.6 is 0 Å². The lowest BCUT2D eigenvalue weighted by atomic mass is 10.1. The predicted octanol–water partition coefficient (Wildman–Crippen LogP) is 3.02. The van der Waals surface area contributed by atoms with Crippen LogP contribution in [0.4, 0.5) is 0 Å². The van der Waals surface area contributed by atoms with E-state index in [0.29, 0.717) is 5.56 Å². The first kappa shape index (κ1) is 18.8. The van der Waals surface area contributed by atoms with Crippen molar-refractivity contribution in [3.8, 4) is 0 Å². The molecule has 11 nitrogen and oxygen atoms in total. The molecule has 3 rings (SSSR count). The number of ether oxygens (including phenoxy) is 2. The smallest absolute Gasteiger partial charge is 0.438 e. The van der Waals surface area contributed by atoms with E-state index in [0.717, 1.165) is 5.01 Å². The van der Waals surface area contributed by atoms with Crippen molar-refractivity contribution >= 4 is 17.6 Å². The van der Waals surface area contributed by atoms with Crippen LogP contribution in [0, 0.1) is 5.39 Å². The quantitative estimate of drug-likeness (QED) is 0.567. The topological polar surface area (TPSA) is 133 Å². The van der Waals surface area contributed by atoms with E-state index < -0.39 is 18.0 Å². The van der Waals surface area contributed by atoms with Gasteiger partial charge in [0.25, 0.3) is 5.82 Å². The molecule has 0 fully saturated rings. The molecule has 1 aromatic rings. The van der Waals surface area contributed by atoms with Gasteiger partial charge in [-0.2, -0.15) is 5.01 Å². The molecule has 2 aliphatic heterocycles. The molecule has 0 saturated heterocycles. The highest BCUT2D eigenvalue weighted by Gasteiger charge is 2.45. The third kappa shape index (κ3) is 3.35. The Hall–Kier alpha value is -3.94. The number of fused-ring (bicyclic) bond motifs is 1. The maximum absolute atomic E-state index is 12.3. The molecule has 11 heteroatoms. The Kier molecular flexibility index (Phi) is 5.50. The minimum Gasteiger partial charge on any atom is -0.464 e. The Labute approximate surface area is 159 Å². The van der Waals surface area contributed by atoms with E-state index in [2.05, 4.69) is 25.5 Å². The number of diazo groups is 1. The van der Waals surface area contributed by atoms with Crippen LogP contribution in [0.25, 0.3) is 10.7 Å². The molecule has 0 aliphatic carbocycles. The fourth-order valence-corrected chi connectivity index (χ4v) is 2.60. The monoisotopic (exact) mass is 382 g/mol. The van der Waals surface area contributed by atoms with E-state index in [1.807, 2.05) is 0 Å². The Bertz CT molecular complexity index is 959. The molecular formula is C17H16N7O4+. The van der Waals surface area contributed by atoms with Crippen LogP contribution in [-0.4, -0.2) is 36.2 Å². The van der Waals surface area contributed by atoms with Crippen molar-refractivity contribution in [2.45, 2.75) is 19.9 Å². The molecule has 0 radical (unpaired) electrons. The highest BCUT2D eigenvalue weighted by Crippen LogP contribution is 2.38. The Balaban J connectivity index is 2.13. The van der Waals surface area contributed by atoms with Crippen molar-refractivity contribution in [3.63, 3.8) is 0 Å². The Morgan fingerprint density at radius 2 is 1.86 bits per heavy atom. The summed E-state index contributed by atoms with van der Waals surface area (Å²) < 4.78 is 9.99. The summed E-state index contributed by atoms with van der Waals surface area (Å²) >= 11 is 0. The van der Waals surface area contributed by atoms with Gasteiger partial charge in [0.1, 0.15) is 5.70 Å². The highest BCUT2D eigenvalue weighted by molar-refractivity contribution is 5.92. The maximum atomic E-state index is 12.3. The number of azo groups is 1. The van der Waals surface area contributed by atoms with Gasteiger partial charge in [0.15, 0.2) is 10.7 Å². The largest absolute Gasteiger partial charge is 0.464 e. The lowest BCUT2D eigenvalue weighted by molar-refractivity contribution is -0.143. The number of carbonyl (C=O) groups is 2. The van der Waals surface area contributed by atoms with Gasteiger partial charge in [0.2, 0.25) is 11.4 Å². The zero-order valence-corrected chi connectivity index (χ0v) is 15.1. The third-order valence-corrected chi connectivity index (χ3v) is 3.77. The van der Waals surface area contributed by atoms with E-state index in [1.54, 1.807) is 44.2 Å². The molecule has 1 atom stereocenters. The van der Waals surface area contributed by atoms with Gasteiger partial charge in [-0.1, -0.05) is 23.4 Å². The van der Waals surface area contributed by atoms with Crippen molar-refractivity contribution in [2.24, 2.45) is 20.6 Å². The second kappa shape index (κ2) is 8.17. The standard InChI is InChI=1S/C17H16N7O4/c1-3-27-16(25)12-14-13(17(26)28-4-2)21-23-24(14)15(22-20-12)11(19-18)10-8-6-5-7-9-10/h5-9,13H,3-4H2,1-2H3/q+1/b15-11+. The molecule has 2 aliphatic rings. The SMILES string of the molecule is CCOC(=O)C1=C2C(C(=O)OCC)N=NN2/C(=C(/[N+]#N)c2ccccc2)N=N1. The molecule has 1 aromatic carbocycles. The molecule has 0 N–H and O–H groups in total. The van der Waals surface area contributed by atoms with Gasteiger partial charge < -0.3 is 9.47 Å². The average molecular weight is 382 g/mol. The first-order valence-corrected chi connectivity index (χ1v) is 8.47. The normalized spacial score (nSPS) is 19.2. The molecule has 28 heavy (non-hydrogen) atoms. The van der Waals surface area contributed by atoms with Gasteiger partial charge in [-0.3, -0.25) is 0 Å². The van der Waals surface area contributed by atoms with Crippen LogP contribution in [0.15, 0.2) is 68.1 Å². The van der Waals surface area contributed by atoms with Crippen molar-refractivity contribution in [1.29, 1.82) is 5.39 Å². The van der Waals surface area contributed by atoms with Gasteiger partial charge in [-0.25, -0.2) is 9.59 Å². The molecule has 0 bridgehead atoms. The molecule has 0 aromatic heterocycles. The molecule has 0 saturated carbocycles. The summed E-state index contributed by atoms with van der Waals surface area (Å²) in [5.41, 5.74) is 0.360. The molecule has 142 valence electrons. The average Bonchev–Trinajstić information content (AvgIpc) is 3.15. The van der Waals surface area contributed by atoms with Gasteiger partial charge in [-0.15, -0.1) is 15.3 Å². The fraction of sp³-hybridized carbons (Fsp3) is 0.294. The highest BCUT2D eigenvalue weighted by atomic mass is 16.5. The minimum atomic E-state index is -1.22. The molecule has 0 spiro atoms. The van der Waals surface area contributed by atoms with E-state index in [9.17, 15) is 15.0 Å². The Morgan fingerprint density at radius 3 is 2.50 bits per heavy atom. The summed E-state index contributed by atoms with van der Waals surface area (Å²) in [6, 6.07) is 7.45.